The van der Waals surface area contributed by atoms with Crippen LogP contribution in [0.2, 0.25) is 0 Å². The normalized spacial score (nSPS) is 28.3. The zero-order chi connectivity index (χ0) is 17.9. The van der Waals surface area contributed by atoms with E-state index in [2.05, 4.69) is 15.2 Å². The smallest absolute Gasteiger partial charge is 0.251 e. The molecule has 0 radical (unpaired) electrons. The first kappa shape index (κ1) is 17.5. The number of amides is 2. The number of nitrogens with zero attached hydrogens (tertiary/aromatic N) is 2. The molecular formula is C21H29N3O2. The molecule has 0 aromatic carbocycles. The molecular weight excluding hydrogens is 326 g/mol. The van der Waals surface area contributed by atoms with Crippen molar-refractivity contribution in [3.05, 3.63) is 30.1 Å². The van der Waals surface area contributed by atoms with Crippen molar-refractivity contribution >= 4 is 11.8 Å². The van der Waals surface area contributed by atoms with Gasteiger partial charge in [-0.25, -0.2) is 0 Å². The highest BCUT2D eigenvalue weighted by Crippen LogP contribution is 2.37. The van der Waals surface area contributed by atoms with Crippen molar-refractivity contribution < 1.29 is 9.59 Å². The lowest BCUT2D eigenvalue weighted by Crippen LogP contribution is -2.52. The lowest BCUT2D eigenvalue weighted by molar-refractivity contribution is -0.136. The summed E-state index contributed by atoms with van der Waals surface area (Å²) in [6.45, 7) is 0. The Morgan fingerprint density at radius 3 is 2.35 bits per heavy atom. The second kappa shape index (κ2) is 7.77. The van der Waals surface area contributed by atoms with Gasteiger partial charge in [0.1, 0.15) is 0 Å². The number of fused-ring (bicyclic) bond motifs is 2. The minimum absolute atomic E-state index is 0.0298. The number of carbonyl (C=O) groups excluding carboxylic acids is 2. The SMILES string of the molecule is O=C(NC1C[C@H]2CC[C@@H](C1)N2C(=O)CCC1CCCC1)c1ccncc1. The molecule has 3 aliphatic rings. The maximum absolute atomic E-state index is 12.8. The average molecular weight is 355 g/mol. The van der Waals surface area contributed by atoms with Gasteiger partial charge in [0.05, 0.1) is 0 Å². The molecule has 1 aromatic heterocycles. The lowest BCUT2D eigenvalue weighted by atomic mass is 9.95. The summed E-state index contributed by atoms with van der Waals surface area (Å²) in [6.07, 6.45) is 14.3. The topological polar surface area (TPSA) is 62.3 Å². The molecule has 3 atom stereocenters. The van der Waals surface area contributed by atoms with Crippen LogP contribution < -0.4 is 5.32 Å². The molecule has 2 saturated heterocycles. The summed E-state index contributed by atoms with van der Waals surface area (Å²) in [6, 6.07) is 4.28. The Balaban J connectivity index is 1.31. The van der Waals surface area contributed by atoms with E-state index in [1.165, 1.54) is 25.7 Å². The fourth-order valence-electron chi connectivity index (χ4n) is 5.23. The molecule has 26 heavy (non-hydrogen) atoms. The van der Waals surface area contributed by atoms with Crippen LogP contribution >= 0.6 is 0 Å². The highest BCUT2D eigenvalue weighted by atomic mass is 16.2. The number of piperidine rings is 1. The molecule has 2 bridgehead atoms. The summed E-state index contributed by atoms with van der Waals surface area (Å²) in [5.74, 6) is 1.09. The van der Waals surface area contributed by atoms with Gasteiger partial charge >= 0.3 is 0 Å². The van der Waals surface area contributed by atoms with E-state index in [0.717, 1.165) is 38.0 Å². The minimum Gasteiger partial charge on any atom is -0.349 e. The molecule has 140 valence electrons. The standard InChI is InChI=1S/C21H29N3O2/c25-20(8-5-15-3-1-2-4-15)24-18-6-7-19(24)14-17(13-18)23-21(26)16-9-11-22-12-10-16/h9-12,15,17-19H,1-8,13-14H2,(H,23,26)/t17?,18-,19+. The minimum atomic E-state index is -0.0298. The van der Waals surface area contributed by atoms with Gasteiger partial charge in [-0.15, -0.1) is 0 Å². The summed E-state index contributed by atoms with van der Waals surface area (Å²) in [4.78, 5) is 31.3. The van der Waals surface area contributed by atoms with Crippen LogP contribution in [0.3, 0.4) is 0 Å². The fraction of sp³-hybridized carbons (Fsp3) is 0.667. The van der Waals surface area contributed by atoms with Crippen LogP contribution in [0.1, 0.15) is 74.6 Å². The molecule has 1 aliphatic carbocycles. The van der Waals surface area contributed by atoms with E-state index in [-0.39, 0.29) is 11.9 Å². The first-order valence-electron chi connectivity index (χ1n) is 10.2. The van der Waals surface area contributed by atoms with Crippen molar-refractivity contribution in [3.8, 4) is 0 Å². The van der Waals surface area contributed by atoms with Crippen molar-refractivity contribution in [1.29, 1.82) is 0 Å². The molecule has 4 rings (SSSR count). The fourth-order valence-corrected chi connectivity index (χ4v) is 5.23. The Morgan fingerprint density at radius 1 is 1.04 bits per heavy atom. The van der Waals surface area contributed by atoms with Crippen molar-refractivity contribution in [2.45, 2.75) is 82.3 Å². The number of pyridine rings is 1. The first-order chi connectivity index (χ1) is 12.7. The lowest BCUT2D eigenvalue weighted by Gasteiger charge is -2.39. The van der Waals surface area contributed by atoms with E-state index in [9.17, 15) is 9.59 Å². The second-order valence-corrected chi connectivity index (χ2v) is 8.25. The van der Waals surface area contributed by atoms with Crippen LogP contribution in [0.5, 0.6) is 0 Å². The van der Waals surface area contributed by atoms with Gasteiger partial charge in [0.15, 0.2) is 0 Å². The molecule has 1 saturated carbocycles. The van der Waals surface area contributed by atoms with Crippen LogP contribution in [0, 0.1) is 5.92 Å². The number of aromatic nitrogens is 1. The van der Waals surface area contributed by atoms with Crippen molar-refractivity contribution in [2.75, 3.05) is 0 Å². The second-order valence-electron chi connectivity index (χ2n) is 8.25. The number of carbonyl (C=O) groups is 2. The van der Waals surface area contributed by atoms with Crippen molar-refractivity contribution in [2.24, 2.45) is 5.92 Å². The molecule has 2 amide bonds. The third-order valence-corrected chi connectivity index (χ3v) is 6.54. The summed E-state index contributed by atoms with van der Waals surface area (Å²) >= 11 is 0. The zero-order valence-electron chi connectivity index (χ0n) is 15.4. The summed E-state index contributed by atoms with van der Waals surface area (Å²) < 4.78 is 0. The molecule has 5 nitrogen and oxygen atoms in total. The van der Waals surface area contributed by atoms with Gasteiger partial charge in [0.2, 0.25) is 5.91 Å². The molecule has 3 heterocycles. The van der Waals surface area contributed by atoms with Gasteiger partial charge in [-0.3, -0.25) is 14.6 Å². The average Bonchev–Trinajstić information content (AvgIpc) is 3.27. The van der Waals surface area contributed by atoms with Crippen LogP contribution in [-0.2, 0) is 4.79 Å². The molecule has 5 heteroatoms. The van der Waals surface area contributed by atoms with E-state index in [4.69, 9.17) is 0 Å². The van der Waals surface area contributed by atoms with Gasteiger partial charge < -0.3 is 10.2 Å². The van der Waals surface area contributed by atoms with Crippen LogP contribution in [0.25, 0.3) is 0 Å². The highest BCUT2D eigenvalue weighted by molar-refractivity contribution is 5.94. The molecule has 2 aliphatic heterocycles. The monoisotopic (exact) mass is 355 g/mol. The maximum Gasteiger partial charge on any atom is 0.251 e. The number of hydrogen-bond donors (Lipinski definition) is 1. The van der Waals surface area contributed by atoms with Gasteiger partial charge in [0, 0.05) is 42.5 Å². The number of nitrogens with one attached hydrogen (secondary N) is 1. The quantitative estimate of drug-likeness (QED) is 0.881. The maximum atomic E-state index is 12.8. The molecule has 1 N–H and O–H groups in total. The van der Waals surface area contributed by atoms with Gasteiger partial charge in [-0.05, 0) is 50.2 Å². The Bertz CT molecular complexity index is 628. The number of rotatable bonds is 5. The Hall–Kier alpha value is -1.91. The van der Waals surface area contributed by atoms with Crippen LogP contribution in [0.15, 0.2) is 24.5 Å². The third kappa shape index (κ3) is 3.76. The van der Waals surface area contributed by atoms with E-state index in [0.29, 0.717) is 30.0 Å². The van der Waals surface area contributed by atoms with Gasteiger partial charge in [0.25, 0.3) is 5.91 Å². The summed E-state index contributed by atoms with van der Waals surface area (Å²) in [5, 5.41) is 3.17. The van der Waals surface area contributed by atoms with E-state index in [1.807, 2.05) is 0 Å². The zero-order valence-corrected chi connectivity index (χ0v) is 15.4. The summed E-state index contributed by atoms with van der Waals surface area (Å²) in [5.41, 5.74) is 0.655. The Morgan fingerprint density at radius 2 is 1.69 bits per heavy atom. The van der Waals surface area contributed by atoms with E-state index in [1.54, 1.807) is 24.5 Å². The Labute approximate surface area is 155 Å². The van der Waals surface area contributed by atoms with Gasteiger partial charge in [-0.2, -0.15) is 0 Å². The third-order valence-electron chi connectivity index (χ3n) is 6.54. The predicted octanol–water partition coefficient (Wildman–Crippen LogP) is 3.30. The molecule has 0 spiro atoms. The van der Waals surface area contributed by atoms with Gasteiger partial charge in [-0.1, -0.05) is 25.7 Å². The largest absolute Gasteiger partial charge is 0.349 e. The predicted molar refractivity (Wildman–Crippen MR) is 99.6 cm³/mol. The summed E-state index contributed by atoms with van der Waals surface area (Å²) in [7, 11) is 0. The molecule has 1 unspecified atom stereocenters. The van der Waals surface area contributed by atoms with E-state index >= 15 is 0 Å². The number of hydrogen-bond acceptors (Lipinski definition) is 3. The van der Waals surface area contributed by atoms with Crippen molar-refractivity contribution in [3.63, 3.8) is 0 Å². The van der Waals surface area contributed by atoms with Crippen LogP contribution in [-0.4, -0.2) is 39.8 Å². The molecule has 1 aromatic rings. The van der Waals surface area contributed by atoms with Crippen LogP contribution in [0.4, 0.5) is 0 Å². The molecule has 3 fully saturated rings. The highest BCUT2D eigenvalue weighted by Gasteiger charge is 2.43. The first-order valence-corrected chi connectivity index (χ1v) is 10.2. The Kier molecular flexibility index (Phi) is 5.23. The van der Waals surface area contributed by atoms with E-state index < -0.39 is 0 Å². The van der Waals surface area contributed by atoms with Crippen molar-refractivity contribution in [1.82, 2.24) is 15.2 Å².